The summed E-state index contributed by atoms with van der Waals surface area (Å²) in [6.45, 7) is 4.84. The monoisotopic (exact) mass is 304 g/mol. The summed E-state index contributed by atoms with van der Waals surface area (Å²) in [5.41, 5.74) is 1.64. The Balaban J connectivity index is 1.86. The van der Waals surface area contributed by atoms with E-state index < -0.39 is 0 Å². The molecule has 0 fully saturated rings. The zero-order valence-electron chi connectivity index (χ0n) is 12.6. The number of nitrogens with one attached hydrogen (secondary N) is 1. The van der Waals surface area contributed by atoms with Crippen molar-refractivity contribution >= 4 is 17.2 Å². The largest absolute Gasteiger partial charge is 0.497 e. The highest BCUT2D eigenvalue weighted by molar-refractivity contribution is 7.09. The average Bonchev–Trinajstić information content (AvgIpc) is 2.96. The summed E-state index contributed by atoms with van der Waals surface area (Å²) in [6, 6.07) is 7.13. The van der Waals surface area contributed by atoms with Gasteiger partial charge in [-0.05, 0) is 18.2 Å². The van der Waals surface area contributed by atoms with Crippen LogP contribution in [0.15, 0.2) is 29.6 Å². The third-order valence-corrected chi connectivity index (χ3v) is 4.26. The van der Waals surface area contributed by atoms with Crippen LogP contribution < -0.4 is 10.1 Å². The number of benzene rings is 1. The number of rotatable bonds is 6. The fourth-order valence-corrected chi connectivity index (χ4v) is 2.74. The van der Waals surface area contributed by atoms with Gasteiger partial charge in [0.25, 0.3) is 5.91 Å². The Kier molecular flexibility index (Phi) is 5.33. The Morgan fingerprint density at radius 1 is 1.43 bits per heavy atom. The number of nitrogens with zero attached hydrogens (tertiary/aromatic N) is 1. The molecule has 0 radical (unpaired) electrons. The van der Waals surface area contributed by atoms with Crippen molar-refractivity contribution < 1.29 is 9.53 Å². The molecule has 0 saturated heterocycles. The van der Waals surface area contributed by atoms with Crippen molar-refractivity contribution in [2.75, 3.05) is 13.7 Å². The van der Waals surface area contributed by atoms with E-state index in [4.69, 9.17) is 4.74 Å². The van der Waals surface area contributed by atoms with Gasteiger partial charge < -0.3 is 10.1 Å². The van der Waals surface area contributed by atoms with Crippen molar-refractivity contribution in [3.63, 3.8) is 0 Å². The number of carbonyl (C=O) groups excluding carboxylic acids is 1. The van der Waals surface area contributed by atoms with Gasteiger partial charge in [-0.3, -0.25) is 4.79 Å². The van der Waals surface area contributed by atoms with Crippen LogP contribution in [0.5, 0.6) is 5.75 Å². The van der Waals surface area contributed by atoms with Crippen molar-refractivity contribution in [2.45, 2.75) is 26.2 Å². The number of hydrogen-bond donors (Lipinski definition) is 1. The van der Waals surface area contributed by atoms with Crippen molar-refractivity contribution in [3.05, 3.63) is 45.9 Å². The van der Waals surface area contributed by atoms with E-state index in [1.165, 1.54) is 0 Å². The maximum Gasteiger partial charge on any atom is 0.251 e. The number of thiazole rings is 1. The maximum atomic E-state index is 12.0. The molecule has 5 heteroatoms. The van der Waals surface area contributed by atoms with Gasteiger partial charge >= 0.3 is 0 Å². The third-order valence-electron chi connectivity index (χ3n) is 3.06. The topological polar surface area (TPSA) is 51.2 Å². The number of hydrogen-bond acceptors (Lipinski definition) is 4. The first kappa shape index (κ1) is 15.5. The molecule has 0 aliphatic carbocycles. The lowest BCUT2D eigenvalue weighted by Gasteiger charge is -2.06. The number of carbonyl (C=O) groups is 1. The van der Waals surface area contributed by atoms with E-state index in [1.807, 2.05) is 12.1 Å². The van der Waals surface area contributed by atoms with Gasteiger partial charge in [0.05, 0.1) is 17.8 Å². The summed E-state index contributed by atoms with van der Waals surface area (Å²) in [5.74, 6) is 1.05. The Morgan fingerprint density at radius 3 is 2.90 bits per heavy atom. The van der Waals surface area contributed by atoms with Gasteiger partial charge in [0.1, 0.15) is 5.75 Å². The molecule has 1 aromatic carbocycles. The predicted octanol–water partition coefficient (Wildman–Crippen LogP) is 3.25. The minimum atomic E-state index is -0.0896. The van der Waals surface area contributed by atoms with Gasteiger partial charge in [0.15, 0.2) is 0 Å². The van der Waals surface area contributed by atoms with Crippen molar-refractivity contribution in [1.82, 2.24) is 10.3 Å². The van der Waals surface area contributed by atoms with Crippen molar-refractivity contribution in [2.24, 2.45) is 0 Å². The molecular weight excluding hydrogens is 284 g/mol. The summed E-state index contributed by atoms with van der Waals surface area (Å²) in [4.78, 5) is 16.6. The molecule has 1 aromatic heterocycles. The van der Waals surface area contributed by atoms with Crippen molar-refractivity contribution in [3.8, 4) is 5.75 Å². The van der Waals surface area contributed by atoms with Crippen LogP contribution in [0.25, 0.3) is 0 Å². The first-order valence-electron chi connectivity index (χ1n) is 6.96. The van der Waals surface area contributed by atoms with E-state index in [0.717, 1.165) is 17.1 Å². The summed E-state index contributed by atoms with van der Waals surface area (Å²) in [5, 5.41) is 6.11. The summed E-state index contributed by atoms with van der Waals surface area (Å²) < 4.78 is 5.12. The molecule has 0 aliphatic heterocycles. The van der Waals surface area contributed by atoms with Crippen LogP contribution in [0.1, 0.15) is 40.8 Å². The molecule has 2 aromatic rings. The van der Waals surface area contributed by atoms with Crippen LogP contribution in [-0.2, 0) is 6.42 Å². The van der Waals surface area contributed by atoms with Gasteiger partial charge in [-0.15, -0.1) is 11.3 Å². The second kappa shape index (κ2) is 7.22. The highest BCUT2D eigenvalue weighted by Gasteiger charge is 2.08. The van der Waals surface area contributed by atoms with Crippen LogP contribution in [0.3, 0.4) is 0 Å². The van der Waals surface area contributed by atoms with E-state index >= 15 is 0 Å². The Bertz CT molecular complexity index is 608. The second-order valence-electron chi connectivity index (χ2n) is 5.07. The van der Waals surface area contributed by atoms with Crippen molar-refractivity contribution in [1.29, 1.82) is 0 Å². The molecule has 0 saturated carbocycles. The fraction of sp³-hybridized carbons (Fsp3) is 0.375. The smallest absolute Gasteiger partial charge is 0.251 e. The lowest BCUT2D eigenvalue weighted by Crippen LogP contribution is -2.25. The molecule has 1 N–H and O–H groups in total. The van der Waals surface area contributed by atoms with E-state index in [9.17, 15) is 4.79 Å². The molecule has 0 aliphatic rings. The molecule has 21 heavy (non-hydrogen) atoms. The molecule has 0 atom stereocenters. The lowest BCUT2D eigenvalue weighted by atomic mass is 10.2. The summed E-state index contributed by atoms with van der Waals surface area (Å²) >= 11 is 1.68. The number of ether oxygens (including phenoxy) is 1. The van der Waals surface area contributed by atoms with Crippen LogP contribution >= 0.6 is 11.3 Å². The summed E-state index contributed by atoms with van der Waals surface area (Å²) in [7, 11) is 1.59. The van der Waals surface area contributed by atoms with Gasteiger partial charge in [0, 0.05) is 29.8 Å². The SMILES string of the molecule is COc1cccc(C(=O)NCCc2csc(C(C)C)n2)c1. The molecule has 112 valence electrons. The van der Waals surface area contributed by atoms with Crippen LogP contribution in [0, 0.1) is 0 Å². The lowest BCUT2D eigenvalue weighted by molar-refractivity contribution is 0.0953. The predicted molar refractivity (Wildman–Crippen MR) is 85.2 cm³/mol. The third kappa shape index (κ3) is 4.29. The first-order chi connectivity index (χ1) is 10.1. The molecule has 1 heterocycles. The Hall–Kier alpha value is -1.88. The molecule has 0 unspecified atom stereocenters. The number of aromatic nitrogens is 1. The summed E-state index contributed by atoms with van der Waals surface area (Å²) in [6.07, 6.45) is 0.749. The molecule has 2 rings (SSSR count). The zero-order chi connectivity index (χ0) is 15.2. The van der Waals surface area contributed by atoms with Gasteiger partial charge in [0.2, 0.25) is 0 Å². The molecular formula is C16H20N2O2S. The van der Waals surface area contributed by atoms with Gasteiger partial charge in [-0.25, -0.2) is 4.98 Å². The highest BCUT2D eigenvalue weighted by atomic mass is 32.1. The van der Waals surface area contributed by atoms with Crippen LogP contribution in [0.4, 0.5) is 0 Å². The standard InChI is InChI=1S/C16H20N2O2S/c1-11(2)16-18-13(10-21-16)7-8-17-15(19)12-5-4-6-14(9-12)20-3/h4-6,9-11H,7-8H2,1-3H3,(H,17,19). The first-order valence-corrected chi connectivity index (χ1v) is 7.84. The molecule has 0 spiro atoms. The maximum absolute atomic E-state index is 12.0. The zero-order valence-corrected chi connectivity index (χ0v) is 13.4. The Morgan fingerprint density at radius 2 is 2.24 bits per heavy atom. The van der Waals surface area contributed by atoms with Crippen LogP contribution in [-0.4, -0.2) is 24.5 Å². The molecule has 0 bridgehead atoms. The fourth-order valence-electron chi connectivity index (χ4n) is 1.87. The second-order valence-corrected chi connectivity index (χ2v) is 5.96. The highest BCUT2D eigenvalue weighted by Crippen LogP contribution is 2.19. The molecule has 4 nitrogen and oxygen atoms in total. The minimum absolute atomic E-state index is 0.0896. The minimum Gasteiger partial charge on any atom is -0.497 e. The van der Waals surface area contributed by atoms with E-state index in [-0.39, 0.29) is 5.91 Å². The number of amides is 1. The average molecular weight is 304 g/mol. The Labute approximate surface area is 129 Å². The van der Waals surface area contributed by atoms with E-state index in [1.54, 1.807) is 30.6 Å². The molecule has 1 amide bonds. The van der Waals surface area contributed by atoms with Gasteiger partial charge in [-0.1, -0.05) is 19.9 Å². The van der Waals surface area contributed by atoms with E-state index in [2.05, 4.69) is 29.5 Å². The van der Waals surface area contributed by atoms with Crippen LogP contribution in [0.2, 0.25) is 0 Å². The number of methoxy groups -OCH3 is 1. The normalized spacial score (nSPS) is 10.7. The van der Waals surface area contributed by atoms with Gasteiger partial charge in [-0.2, -0.15) is 0 Å². The van der Waals surface area contributed by atoms with E-state index in [0.29, 0.717) is 23.8 Å². The quantitative estimate of drug-likeness (QED) is 0.891.